The molecule has 0 saturated carbocycles. The van der Waals surface area contributed by atoms with E-state index in [1.54, 1.807) is 0 Å². The Kier molecular flexibility index (Phi) is 21.7. The second-order valence-electron chi connectivity index (χ2n) is 11.4. The van der Waals surface area contributed by atoms with E-state index in [0.717, 1.165) is 56.8 Å². The van der Waals surface area contributed by atoms with Gasteiger partial charge in [0.15, 0.2) is 0 Å². The van der Waals surface area contributed by atoms with Crippen LogP contribution in [0.15, 0.2) is 0 Å². The fourth-order valence-corrected chi connectivity index (χ4v) is 4.26. The van der Waals surface area contributed by atoms with E-state index < -0.39 is 0 Å². The Labute approximate surface area is 212 Å². The lowest BCUT2D eigenvalue weighted by atomic mass is 9.87. The van der Waals surface area contributed by atoms with Crippen LogP contribution >= 0.6 is 0 Å². The standard InChI is InChI=1S/C30H58O4/c1-25(2)18-14-16-22-33-29(31)21-13-11-9-7-8-10-12-20-28(27(5)6)24-30(32)34-23-17-15-19-26(3)4/h25-28H,7-24H2,1-6H3. The first-order chi connectivity index (χ1) is 16.2. The zero-order valence-electron chi connectivity index (χ0n) is 23.7. The first-order valence-corrected chi connectivity index (χ1v) is 14.5. The molecule has 0 spiro atoms. The van der Waals surface area contributed by atoms with Crippen LogP contribution in [0.5, 0.6) is 0 Å². The van der Waals surface area contributed by atoms with Crippen LogP contribution in [0.25, 0.3) is 0 Å². The maximum absolute atomic E-state index is 12.2. The van der Waals surface area contributed by atoms with Crippen LogP contribution in [0, 0.1) is 23.7 Å². The molecule has 0 aromatic carbocycles. The Morgan fingerprint density at radius 1 is 0.529 bits per heavy atom. The fourth-order valence-electron chi connectivity index (χ4n) is 4.26. The maximum Gasteiger partial charge on any atom is 0.306 e. The molecule has 0 fully saturated rings. The van der Waals surface area contributed by atoms with Crippen LogP contribution in [-0.4, -0.2) is 25.2 Å². The minimum Gasteiger partial charge on any atom is -0.466 e. The van der Waals surface area contributed by atoms with Crippen molar-refractivity contribution in [3.8, 4) is 0 Å². The molecule has 0 heterocycles. The summed E-state index contributed by atoms with van der Waals surface area (Å²) in [5, 5.41) is 0. The van der Waals surface area contributed by atoms with Gasteiger partial charge in [-0.05, 0) is 62.2 Å². The summed E-state index contributed by atoms with van der Waals surface area (Å²) in [6.07, 6.45) is 17.0. The van der Waals surface area contributed by atoms with Gasteiger partial charge < -0.3 is 9.47 Å². The zero-order chi connectivity index (χ0) is 25.6. The van der Waals surface area contributed by atoms with Gasteiger partial charge in [-0.15, -0.1) is 0 Å². The van der Waals surface area contributed by atoms with Gasteiger partial charge in [0, 0.05) is 12.8 Å². The van der Waals surface area contributed by atoms with Gasteiger partial charge in [0.1, 0.15) is 0 Å². The Morgan fingerprint density at radius 3 is 1.47 bits per heavy atom. The molecule has 1 atom stereocenters. The van der Waals surface area contributed by atoms with Crippen molar-refractivity contribution >= 4 is 11.9 Å². The van der Waals surface area contributed by atoms with E-state index in [0.29, 0.717) is 37.9 Å². The lowest BCUT2D eigenvalue weighted by Crippen LogP contribution is -2.17. The summed E-state index contributed by atoms with van der Waals surface area (Å²) >= 11 is 0. The Bertz CT molecular complexity index is 484. The van der Waals surface area contributed by atoms with E-state index in [1.165, 1.54) is 44.9 Å². The fraction of sp³-hybridized carbons (Fsp3) is 0.933. The normalized spacial score (nSPS) is 12.5. The molecule has 4 nitrogen and oxygen atoms in total. The highest BCUT2D eigenvalue weighted by atomic mass is 16.5. The summed E-state index contributed by atoms with van der Waals surface area (Å²) in [5.41, 5.74) is 0. The maximum atomic E-state index is 12.2. The number of carbonyl (C=O) groups excluding carboxylic acids is 2. The van der Waals surface area contributed by atoms with Gasteiger partial charge in [-0.25, -0.2) is 0 Å². The molecular formula is C30H58O4. The predicted octanol–water partition coefficient (Wildman–Crippen LogP) is 8.90. The Balaban J connectivity index is 3.65. The van der Waals surface area contributed by atoms with Crippen LogP contribution in [0.3, 0.4) is 0 Å². The predicted molar refractivity (Wildman–Crippen MR) is 144 cm³/mol. The van der Waals surface area contributed by atoms with E-state index >= 15 is 0 Å². The van der Waals surface area contributed by atoms with Gasteiger partial charge in [-0.2, -0.15) is 0 Å². The minimum absolute atomic E-state index is 0.0164. The van der Waals surface area contributed by atoms with E-state index in [9.17, 15) is 9.59 Å². The van der Waals surface area contributed by atoms with Gasteiger partial charge >= 0.3 is 11.9 Å². The number of carbonyl (C=O) groups is 2. The lowest BCUT2D eigenvalue weighted by Gasteiger charge is -2.20. The molecule has 0 aliphatic carbocycles. The third-order valence-corrected chi connectivity index (χ3v) is 6.71. The summed E-state index contributed by atoms with van der Waals surface area (Å²) < 4.78 is 10.8. The van der Waals surface area contributed by atoms with Crippen LogP contribution in [0.1, 0.15) is 144 Å². The molecule has 0 aromatic rings. The third-order valence-electron chi connectivity index (χ3n) is 6.71. The molecule has 4 heteroatoms. The van der Waals surface area contributed by atoms with Crippen molar-refractivity contribution in [2.45, 2.75) is 144 Å². The van der Waals surface area contributed by atoms with Crippen molar-refractivity contribution in [1.29, 1.82) is 0 Å². The van der Waals surface area contributed by atoms with Crippen LogP contribution in [-0.2, 0) is 19.1 Å². The zero-order valence-corrected chi connectivity index (χ0v) is 23.7. The number of hydrogen-bond donors (Lipinski definition) is 0. The summed E-state index contributed by atoms with van der Waals surface area (Å²) in [6.45, 7) is 14.5. The molecule has 0 rings (SSSR count). The molecule has 0 aliphatic heterocycles. The number of esters is 2. The highest BCUT2D eigenvalue weighted by molar-refractivity contribution is 5.69. The van der Waals surface area contributed by atoms with Gasteiger partial charge in [0.05, 0.1) is 13.2 Å². The summed E-state index contributed by atoms with van der Waals surface area (Å²) in [4.78, 5) is 24.0. The van der Waals surface area contributed by atoms with Crippen molar-refractivity contribution in [2.24, 2.45) is 23.7 Å². The van der Waals surface area contributed by atoms with Crippen molar-refractivity contribution in [2.75, 3.05) is 13.2 Å². The minimum atomic E-state index is -0.0293. The first-order valence-electron chi connectivity index (χ1n) is 14.5. The molecule has 1 unspecified atom stereocenters. The van der Waals surface area contributed by atoms with E-state index in [2.05, 4.69) is 41.5 Å². The number of rotatable bonds is 23. The SMILES string of the molecule is CC(C)CCCCOC(=O)CCCCCCCCCC(CC(=O)OCCCCC(C)C)C(C)C. The topological polar surface area (TPSA) is 52.6 Å². The van der Waals surface area contributed by atoms with Crippen molar-refractivity contribution in [3.63, 3.8) is 0 Å². The monoisotopic (exact) mass is 482 g/mol. The summed E-state index contributed by atoms with van der Waals surface area (Å²) in [7, 11) is 0. The molecular weight excluding hydrogens is 424 g/mol. The lowest BCUT2D eigenvalue weighted by molar-refractivity contribution is -0.145. The van der Waals surface area contributed by atoms with Crippen LogP contribution in [0.2, 0.25) is 0 Å². The molecule has 0 aromatic heterocycles. The second-order valence-corrected chi connectivity index (χ2v) is 11.4. The van der Waals surface area contributed by atoms with Gasteiger partial charge in [-0.3, -0.25) is 9.59 Å². The van der Waals surface area contributed by atoms with E-state index in [1.807, 2.05) is 0 Å². The van der Waals surface area contributed by atoms with Crippen molar-refractivity contribution in [1.82, 2.24) is 0 Å². The van der Waals surface area contributed by atoms with E-state index in [4.69, 9.17) is 9.47 Å². The van der Waals surface area contributed by atoms with Gasteiger partial charge in [0.25, 0.3) is 0 Å². The molecule has 0 bridgehead atoms. The highest BCUT2D eigenvalue weighted by Crippen LogP contribution is 2.23. The molecule has 0 radical (unpaired) electrons. The smallest absolute Gasteiger partial charge is 0.306 e. The van der Waals surface area contributed by atoms with E-state index in [-0.39, 0.29) is 11.9 Å². The Morgan fingerprint density at radius 2 is 0.971 bits per heavy atom. The molecule has 0 N–H and O–H groups in total. The number of ether oxygens (including phenoxy) is 2. The molecule has 0 saturated heterocycles. The van der Waals surface area contributed by atoms with Crippen LogP contribution in [0.4, 0.5) is 0 Å². The number of hydrogen-bond acceptors (Lipinski definition) is 4. The quantitative estimate of drug-likeness (QED) is 0.108. The van der Waals surface area contributed by atoms with Gasteiger partial charge in [-0.1, -0.05) is 92.9 Å². The largest absolute Gasteiger partial charge is 0.466 e. The second kappa shape index (κ2) is 22.4. The average molecular weight is 483 g/mol. The van der Waals surface area contributed by atoms with Crippen molar-refractivity contribution < 1.29 is 19.1 Å². The third kappa shape index (κ3) is 22.7. The van der Waals surface area contributed by atoms with Crippen molar-refractivity contribution in [3.05, 3.63) is 0 Å². The molecule has 202 valence electrons. The van der Waals surface area contributed by atoms with Gasteiger partial charge in [0.2, 0.25) is 0 Å². The van der Waals surface area contributed by atoms with Crippen LogP contribution < -0.4 is 0 Å². The summed E-state index contributed by atoms with van der Waals surface area (Å²) in [6, 6.07) is 0. The Hall–Kier alpha value is -1.06. The molecule has 0 amide bonds. The molecule has 0 aliphatic rings. The first kappa shape index (κ1) is 32.9. The molecule has 34 heavy (non-hydrogen) atoms. The highest BCUT2D eigenvalue weighted by Gasteiger charge is 2.18. The number of unbranched alkanes of at least 4 members (excludes halogenated alkanes) is 8. The summed E-state index contributed by atoms with van der Waals surface area (Å²) in [5.74, 6) is 2.35. The average Bonchev–Trinajstić information content (AvgIpc) is 2.76.